The van der Waals surface area contributed by atoms with E-state index in [4.69, 9.17) is 14.2 Å². The van der Waals surface area contributed by atoms with Crippen molar-refractivity contribution in [3.8, 4) is 0 Å². The molecule has 0 aromatic rings. The molecule has 464 valence electrons. The molecule has 0 N–H and O–H groups in total. The summed E-state index contributed by atoms with van der Waals surface area (Å²) in [4.78, 5) is 38.4. The third-order valence-electron chi connectivity index (χ3n) is 15.4. The maximum Gasteiger partial charge on any atom is 0.306 e. The molecule has 0 aliphatic carbocycles. The van der Waals surface area contributed by atoms with Crippen LogP contribution in [0.3, 0.4) is 0 Å². The van der Waals surface area contributed by atoms with E-state index >= 15 is 0 Å². The second-order valence-corrected chi connectivity index (χ2v) is 23.4. The first kappa shape index (κ1) is 76.9. The van der Waals surface area contributed by atoms with E-state index in [2.05, 4.69) is 93.7 Å². The number of hydrogen-bond donors (Lipinski definition) is 0. The molecule has 0 amide bonds. The van der Waals surface area contributed by atoms with Gasteiger partial charge < -0.3 is 14.2 Å². The van der Waals surface area contributed by atoms with E-state index in [0.29, 0.717) is 19.3 Å². The van der Waals surface area contributed by atoms with E-state index in [1.165, 1.54) is 218 Å². The lowest BCUT2D eigenvalue weighted by Gasteiger charge is -2.18. The van der Waals surface area contributed by atoms with Crippen molar-refractivity contribution in [2.75, 3.05) is 13.2 Å². The van der Waals surface area contributed by atoms with Crippen LogP contribution in [0.2, 0.25) is 0 Å². The molecule has 0 aliphatic rings. The number of allylic oxidation sites excluding steroid dienone is 12. The molecule has 0 spiro atoms. The average Bonchev–Trinajstić information content (AvgIpc) is 3.46. The fourth-order valence-electron chi connectivity index (χ4n) is 10.2. The first-order valence-corrected chi connectivity index (χ1v) is 34.9. The van der Waals surface area contributed by atoms with Gasteiger partial charge in [0.2, 0.25) is 0 Å². The molecule has 0 rings (SSSR count). The Morgan fingerprint density at radius 2 is 0.487 bits per heavy atom. The molecule has 1 atom stereocenters. The Morgan fingerprint density at radius 3 is 0.775 bits per heavy atom. The first-order valence-electron chi connectivity index (χ1n) is 34.9. The van der Waals surface area contributed by atoms with Gasteiger partial charge in [0.1, 0.15) is 13.2 Å². The quantitative estimate of drug-likeness (QED) is 0.0261. The molecule has 6 nitrogen and oxygen atoms in total. The van der Waals surface area contributed by atoms with Gasteiger partial charge in [-0.15, -0.1) is 0 Å². The van der Waals surface area contributed by atoms with E-state index in [1.54, 1.807) is 0 Å². The zero-order chi connectivity index (χ0) is 57.8. The van der Waals surface area contributed by atoms with Crippen LogP contribution in [-0.4, -0.2) is 37.2 Å². The zero-order valence-corrected chi connectivity index (χ0v) is 53.3. The van der Waals surface area contributed by atoms with Crippen molar-refractivity contribution in [2.24, 2.45) is 0 Å². The fraction of sp³-hybridized carbons (Fsp3) is 0.797. The van der Waals surface area contributed by atoms with Gasteiger partial charge in [-0.1, -0.05) is 325 Å². The summed E-state index contributed by atoms with van der Waals surface area (Å²) in [6, 6.07) is 0. The summed E-state index contributed by atoms with van der Waals surface area (Å²) in [5.74, 6) is -0.879. The third-order valence-corrected chi connectivity index (χ3v) is 15.4. The van der Waals surface area contributed by atoms with Crippen molar-refractivity contribution < 1.29 is 28.6 Å². The van der Waals surface area contributed by atoms with Gasteiger partial charge in [0.25, 0.3) is 0 Å². The third kappa shape index (κ3) is 65.7. The van der Waals surface area contributed by atoms with Gasteiger partial charge in [0, 0.05) is 19.3 Å². The molecular formula is C74H132O6. The maximum absolute atomic E-state index is 12.9. The van der Waals surface area contributed by atoms with E-state index in [1.807, 2.05) is 0 Å². The summed E-state index contributed by atoms with van der Waals surface area (Å²) >= 11 is 0. The predicted octanol–water partition coefficient (Wildman–Crippen LogP) is 24.1. The van der Waals surface area contributed by atoms with Crippen LogP contribution < -0.4 is 0 Å². The number of ether oxygens (including phenoxy) is 3. The summed E-state index contributed by atoms with van der Waals surface area (Å²) in [6.45, 7) is 6.56. The van der Waals surface area contributed by atoms with Crippen LogP contribution in [0.1, 0.15) is 361 Å². The minimum Gasteiger partial charge on any atom is -0.462 e. The smallest absolute Gasteiger partial charge is 0.306 e. The van der Waals surface area contributed by atoms with Crippen LogP contribution in [0, 0.1) is 0 Å². The maximum atomic E-state index is 12.9. The van der Waals surface area contributed by atoms with E-state index in [0.717, 1.165) is 103 Å². The molecule has 6 heteroatoms. The summed E-state index contributed by atoms with van der Waals surface area (Å²) in [6.07, 6.45) is 89.3. The highest BCUT2D eigenvalue weighted by Crippen LogP contribution is 2.18. The molecular weight excluding hydrogens is 985 g/mol. The van der Waals surface area contributed by atoms with Crippen LogP contribution in [0.25, 0.3) is 0 Å². The van der Waals surface area contributed by atoms with E-state index in [9.17, 15) is 14.4 Å². The van der Waals surface area contributed by atoms with Crippen LogP contribution in [-0.2, 0) is 28.6 Å². The summed E-state index contributed by atoms with van der Waals surface area (Å²) in [5.41, 5.74) is 0. The Bertz CT molecular complexity index is 1470. The lowest BCUT2D eigenvalue weighted by Crippen LogP contribution is -2.30. The van der Waals surface area contributed by atoms with Crippen molar-refractivity contribution in [1.82, 2.24) is 0 Å². The Balaban J connectivity index is 4.30. The molecule has 0 aliphatic heterocycles. The molecule has 0 heterocycles. The Labute approximate surface area is 497 Å². The van der Waals surface area contributed by atoms with Crippen molar-refractivity contribution in [2.45, 2.75) is 367 Å². The van der Waals surface area contributed by atoms with Gasteiger partial charge in [-0.05, 0) is 89.9 Å². The highest BCUT2D eigenvalue weighted by molar-refractivity contribution is 5.71. The van der Waals surface area contributed by atoms with Crippen molar-refractivity contribution in [3.63, 3.8) is 0 Å². The normalized spacial score (nSPS) is 12.5. The largest absolute Gasteiger partial charge is 0.462 e. The van der Waals surface area contributed by atoms with Crippen LogP contribution >= 0.6 is 0 Å². The van der Waals surface area contributed by atoms with Gasteiger partial charge in [-0.2, -0.15) is 0 Å². The first-order chi connectivity index (χ1) is 39.5. The Hall–Kier alpha value is -3.15. The Kier molecular flexibility index (Phi) is 65.7. The molecule has 0 fully saturated rings. The molecule has 80 heavy (non-hydrogen) atoms. The van der Waals surface area contributed by atoms with E-state index < -0.39 is 6.10 Å². The predicted molar refractivity (Wildman–Crippen MR) is 348 cm³/mol. The van der Waals surface area contributed by atoms with Gasteiger partial charge in [-0.25, -0.2) is 0 Å². The molecule has 0 saturated carbocycles. The Morgan fingerprint density at radius 1 is 0.263 bits per heavy atom. The van der Waals surface area contributed by atoms with Gasteiger partial charge in [0.15, 0.2) is 6.10 Å². The van der Waals surface area contributed by atoms with Crippen molar-refractivity contribution in [1.29, 1.82) is 0 Å². The number of hydrogen-bond acceptors (Lipinski definition) is 6. The number of esters is 3. The SMILES string of the molecule is CC/C=C\C/C=C\C/C=C\C/C=C\C/C=C\CCCCCCCCCC(=O)OC(COC(=O)CCCCCCC/C=C\CCCCCCC)COC(=O)CCCCCCCCCCCCCCCCCCCCCCCCCCC. The number of carbonyl (C=O) groups excluding carboxylic acids is 3. The molecule has 0 aromatic heterocycles. The van der Waals surface area contributed by atoms with Crippen LogP contribution in [0.15, 0.2) is 72.9 Å². The van der Waals surface area contributed by atoms with Gasteiger partial charge in [-0.3, -0.25) is 14.4 Å². The van der Waals surface area contributed by atoms with E-state index in [-0.39, 0.29) is 31.1 Å². The number of unbranched alkanes of at least 4 members (excludes halogenated alkanes) is 41. The minimum absolute atomic E-state index is 0.0791. The van der Waals surface area contributed by atoms with Gasteiger partial charge >= 0.3 is 17.9 Å². The summed E-state index contributed by atoms with van der Waals surface area (Å²) < 4.78 is 17.0. The molecule has 0 saturated heterocycles. The lowest BCUT2D eigenvalue weighted by molar-refractivity contribution is -0.167. The molecule has 0 radical (unpaired) electrons. The number of rotatable bonds is 64. The minimum atomic E-state index is -0.785. The second kappa shape index (κ2) is 68.3. The number of carbonyl (C=O) groups is 3. The van der Waals surface area contributed by atoms with Crippen molar-refractivity contribution >= 4 is 17.9 Å². The standard InChI is InChI=1S/C74H132O6/c1-4-7-10-13-16-19-22-25-28-30-32-34-36-37-39-40-42-44-46-49-52-55-58-61-64-67-73(76)79-70-71(69-78-72(75)66-63-60-57-54-51-48-27-24-21-18-15-12-9-6-3)80-74(77)68-65-62-59-56-53-50-47-45-43-41-38-35-33-31-29-26-23-20-17-14-11-8-5-2/h8,11,17,20,24,26-27,29,33,35,41,43,71H,4-7,9-10,12-16,18-19,21-23,25,28,30-32,34,36-40,42,44-70H2,1-3H3/b11-8-,20-17-,27-24-,29-26-,35-33-,43-41-. The highest BCUT2D eigenvalue weighted by atomic mass is 16.6. The fourth-order valence-corrected chi connectivity index (χ4v) is 10.2. The van der Waals surface area contributed by atoms with Crippen LogP contribution in [0.4, 0.5) is 0 Å². The van der Waals surface area contributed by atoms with Crippen LogP contribution in [0.5, 0.6) is 0 Å². The second-order valence-electron chi connectivity index (χ2n) is 23.4. The zero-order valence-electron chi connectivity index (χ0n) is 53.3. The highest BCUT2D eigenvalue weighted by Gasteiger charge is 2.19. The molecule has 1 unspecified atom stereocenters. The summed E-state index contributed by atoms with van der Waals surface area (Å²) in [5, 5.41) is 0. The van der Waals surface area contributed by atoms with Crippen molar-refractivity contribution in [3.05, 3.63) is 72.9 Å². The average molecular weight is 1120 g/mol. The topological polar surface area (TPSA) is 78.9 Å². The van der Waals surface area contributed by atoms with Gasteiger partial charge in [0.05, 0.1) is 0 Å². The lowest BCUT2D eigenvalue weighted by atomic mass is 10.0. The summed E-state index contributed by atoms with van der Waals surface area (Å²) in [7, 11) is 0. The monoisotopic (exact) mass is 1120 g/mol. The molecule has 0 aromatic carbocycles. The molecule has 0 bridgehead atoms.